The lowest BCUT2D eigenvalue weighted by Crippen LogP contribution is -2.57. The summed E-state index contributed by atoms with van der Waals surface area (Å²) in [6, 6.07) is 9.25. The van der Waals surface area contributed by atoms with E-state index in [-0.39, 0.29) is 5.92 Å². The summed E-state index contributed by atoms with van der Waals surface area (Å²) in [5.74, 6) is -2.02. The monoisotopic (exact) mass is 413 g/mol. The van der Waals surface area contributed by atoms with E-state index in [9.17, 15) is 24.7 Å². The van der Waals surface area contributed by atoms with Crippen LogP contribution in [0.3, 0.4) is 0 Å². The van der Waals surface area contributed by atoms with Crippen LogP contribution in [0.25, 0.3) is 11.1 Å². The predicted octanol–water partition coefficient (Wildman–Crippen LogP) is 0.771. The average molecular weight is 413 g/mol. The van der Waals surface area contributed by atoms with Crippen molar-refractivity contribution in [2.24, 2.45) is 5.92 Å². The summed E-state index contributed by atoms with van der Waals surface area (Å²) in [5, 5.41) is 34.0. The van der Waals surface area contributed by atoms with E-state index in [1.165, 1.54) is 6.92 Å². The fourth-order valence-electron chi connectivity index (χ4n) is 3.01. The lowest BCUT2D eigenvalue weighted by molar-refractivity contribution is -0.125. The Kier molecular flexibility index (Phi) is 8.52. The SMILES string of the molecule is CC(C)CC(NC(=O)[C@@H](NC(=O)c1ccc(-c2cccnc2)cc1)C(C)O)B(O)O. The van der Waals surface area contributed by atoms with Gasteiger partial charge in [-0.05, 0) is 48.6 Å². The Morgan fingerprint density at radius 1 is 1.03 bits per heavy atom. The zero-order valence-electron chi connectivity index (χ0n) is 17.3. The molecule has 5 N–H and O–H groups in total. The second-order valence-corrected chi connectivity index (χ2v) is 7.67. The number of rotatable bonds is 9. The standard InChI is InChI=1S/C21H28BN3O5/c1-13(2)11-18(22(29)30)24-21(28)19(14(3)26)25-20(27)16-8-6-15(7-9-16)17-5-4-10-23-12-17/h4-10,12-14,18-19,26,29-30H,11H2,1-3H3,(H,24,28)(H,25,27)/t14?,18?,19-/m0/s1. The van der Waals surface area contributed by atoms with Gasteiger partial charge in [-0.1, -0.05) is 32.0 Å². The van der Waals surface area contributed by atoms with Crippen LogP contribution in [-0.4, -0.2) is 57.2 Å². The summed E-state index contributed by atoms with van der Waals surface area (Å²) in [4.78, 5) is 29.2. The minimum absolute atomic E-state index is 0.107. The molecule has 0 spiro atoms. The molecule has 8 nitrogen and oxygen atoms in total. The summed E-state index contributed by atoms with van der Waals surface area (Å²) >= 11 is 0. The molecule has 30 heavy (non-hydrogen) atoms. The highest BCUT2D eigenvalue weighted by Gasteiger charge is 2.32. The Hall–Kier alpha value is -2.75. The van der Waals surface area contributed by atoms with E-state index >= 15 is 0 Å². The van der Waals surface area contributed by atoms with E-state index in [0.29, 0.717) is 12.0 Å². The smallest absolute Gasteiger partial charge is 0.426 e. The second-order valence-electron chi connectivity index (χ2n) is 7.67. The number of aliphatic hydroxyl groups excluding tert-OH is 1. The largest absolute Gasteiger partial charge is 0.475 e. The molecule has 0 saturated heterocycles. The number of aromatic nitrogens is 1. The molecular formula is C21H28BN3O5. The number of aliphatic hydroxyl groups is 1. The molecule has 0 aliphatic carbocycles. The number of hydrogen-bond donors (Lipinski definition) is 5. The van der Waals surface area contributed by atoms with Crippen LogP contribution in [0.15, 0.2) is 48.8 Å². The van der Waals surface area contributed by atoms with E-state index in [0.717, 1.165) is 11.1 Å². The van der Waals surface area contributed by atoms with Crippen molar-refractivity contribution >= 4 is 18.9 Å². The van der Waals surface area contributed by atoms with Gasteiger partial charge in [-0.2, -0.15) is 0 Å². The summed E-state index contributed by atoms with van der Waals surface area (Å²) in [6.07, 6.45) is 2.54. The number of carbonyl (C=O) groups is 2. The number of nitrogens with one attached hydrogen (secondary N) is 2. The summed E-state index contributed by atoms with van der Waals surface area (Å²) in [6.45, 7) is 5.14. The molecule has 0 bridgehead atoms. The average Bonchev–Trinajstić information content (AvgIpc) is 2.71. The van der Waals surface area contributed by atoms with Gasteiger partial charge in [0.2, 0.25) is 5.91 Å². The first-order valence-electron chi connectivity index (χ1n) is 9.85. The molecule has 3 atom stereocenters. The molecule has 9 heteroatoms. The molecule has 0 aliphatic heterocycles. The highest BCUT2D eigenvalue weighted by Crippen LogP contribution is 2.18. The van der Waals surface area contributed by atoms with E-state index < -0.39 is 37.0 Å². The van der Waals surface area contributed by atoms with Gasteiger partial charge >= 0.3 is 7.12 Å². The number of pyridine rings is 1. The van der Waals surface area contributed by atoms with Crippen LogP contribution in [0.5, 0.6) is 0 Å². The lowest BCUT2D eigenvalue weighted by atomic mass is 9.75. The minimum Gasteiger partial charge on any atom is -0.426 e. The van der Waals surface area contributed by atoms with E-state index in [2.05, 4.69) is 15.6 Å². The van der Waals surface area contributed by atoms with E-state index in [1.54, 1.807) is 36.7 Å². The Balaban J connectivity index is 2.08. The van der Waals surface area contributed by atoms with Crippen LogP contribution >= 0.6 is 0 Å². The van der Waals surface area contributed by atoms with Gasteiger partial charge in [-0.3, -0.25) is 14.6 Å². The van der Waals surface area contributed by atoms with Crippen molar-refractivity contribution in [1.29, 1.82) is 0 Å². The summed E-state index contributed by atoms with van der Waals surface area (Å²) < 4.78 is 0. The van der Waals surface area contributed by atoms with Crippen molar-refractivity contribution in [2.75, 3.05) is 0 Å². The topological polar surface area (TPSA) is 132 Å². The maximum absolute atomic E-state index is 12.6. The van der Waals surface area contributed by atoms with Gasteiger partial charge in [-0.15, -0.1) is 0 Å². The van der Waals surface area contributed by atoms with Gasteiger partial charge < -0.3 is 25.8 Å². The van der Waals surface area contributed by atoms with Crippen LogP contribution in [0.2, 0.25) is 0 Å². The van der Waals surface area contributed by atoms with Gasteiger partial charge in [0.15, 0.2) is 0 Å². The van der Waals surface area contributed by atoms with Gasteiger partial charge in [0.1, 0.15) is 6.04 Å². The zero-order chi connectivity index (χ0) is 22.3. The third kappa shape index (κ3) is 6.65. The molecule has 2 unspecified atom stereocenters. The number of carbonyl (C=O) groups excluding carboxylic acids is 2. The highest BCUT2D eigenvalue weighted by molar-refractivity contribution is 6.43. The predicted molar refractivity (Wildman–Crippen MR) is 114 cm³/mol. The summed E-state index contributed by atoms with van der Waals surface area (Å²) in [5.41, 5.74) is 2.12. The van der Waals surface area contributed by atoms with Crippen LogP contribution in [0.4, 0.5) is 0 Å². The molecule has 1 aromatic heterocycles. The molecule has 1 aromatic carbocycles. The third-order valence-electron chi connectivity index (χ3n) is 4.61. The second kappa shape index (κ2) is 10.9. The highest BCUT2D eigenvalue weighted by atomic mass is 16.4. The van der Waals surface area contributed by atoms with E-state index in [4.69, 9.17) is 0 Å². The maximum atomic E-state index is 12.6. The van der Waals surface area contributed by atoms with Crippen molar-refractivity contribution in [3.63, 3.8) is 0 Å². The fraction of sp³-hybridized carbons (Fsp3) is 0.381. The van der Waals surface area contributed by atoms with Crippen molar-refractivity contribution in [2.45, 2.75) is 45.3 Å². The van der Waals surface area contributed by atoms with E-state index in [1.807, 2.05) is 26.0 Å². The molecule has 2 amide bonds. The van der Waals surface area contributed by atoms with Gasteiger partial charge in [0, 0.05) is 18.0 Å². The minimum atomic E-state index is -1.75. The zero-order valence-corrected chi connectivity index (χ0v) is 17.3. The Morgan fingerprint density at radius 3 is 2.20 bits per heavy atom. The van der Waals surface area contributed by atoms with Crippen LogP contribution in [-0.2, 0) is 4.79 Å². The number of amides is 2. The molecule has 1 heterocycles. The molecule has 0 saturated carbocycles. The normalized spacial score (nSPS) is 14.0. The summed E-state index contributed by atoms with van der Waals surface area (Å²) in [7, 11) is -1.75. The van der Waals surface area contributed by atoms with Crippen molar-refractivity contribution in [3.8, 4) is 11.1 Å². The first kappa shape index (κ1) is 23.5. The lowest BCUT2D eigenvalue weighted by Gasteiger charge is -2.25. The molecule has 0 aliphatic rings. The number of nitrogens with zero attached hydrogens (tertiary/aromatic N) is 1. The van der Waals surface area contributed by atoms with Crippen LogP contribution in [0.1, 0.15) is 37.6 Å². The maximum Gasteiger partial charge on any atom is 0.475 e. The van der Waals surface area contributed by atoms with Gasteiger partial charge in [-0.25, -0.2) is 0 Å². The quantitative estimate of drug-likeness (QED) is 0.386. The first-order valence-corrected chi connectivity index (χ1v) is 9.85. The third-order valence-corrected chi connectivity index (χ3v) is 4.61. The Bertz CT molecular complexity index is 828. The molecule has 2 aromatic rings. The van der Waals surface area contributed by atoms with Crippen LogP contribution < -0.4 is 10.6 Å². The number of benzene rings is 1. The molecule has 160 valence electrons. The van der Waals surface area contributed by atoms with Crippen LogP contribution in [0, 0.1) is 5.92 Å². The molecular weight excluding hydrogens is 385 g/mol. The Morgan fingerprint density at radius 2 is 1.70 bits per heavy atom. The number of hydrogen-bond acceptors (Lipinski definition) is 6. The van der Waals surface area contributed by atoms with Crippen molar-refractivity contribution in [1.82, 2.24) is 15.6 Å². The molecule has 0 radical (unpaired) electrons. The Labute approximate surface area is 176 Å². The van der Waals surface area contributed by atoms with Gasteiger partial charge in [0.05, 0.1) is 12.0 Å². The van der Waals surface area contributed by atoms with Crippen molar-refractivity contribution < 1.29 is 24.7 Å². The van der Waals surface area contributed by atoms with Crippen molar-refractivity contribution in [3.05, 3.63) is 54.4 Å². The molecule has 0 fully saturated rings. The fourth-order valence-corrected chi connectivity index (χ4v) is 3.01. The molecule has 2 rings (SSSR count). The first-order chi connectivity index (χ1) is 14.2. The van der Waals surface area contributed by atoms with Gasteiger partial charge in [0.25, 0.3) is 5.91 Å².